The summed E-state index contributed by atoms with van der Waals surface area (Å²) in [5.41, 5.74) is 1.05. The van der Waals surface area contributed by atoms with Crippen LogP contribution >= 0.6 is 15.9 Å². The highest BCUT2D eigenvalue weighted by atomic mass is 79.9. The predicted molar refractivity (Wildman–Crippen MR) is 54.8 cm³/mol. The van der Waals surface area contributed by atoms with E-state index in [1.165, 1.54) is 0 Å². The molecule has 0 saturated carbocycles. The summed E-state index contributed by atoms with van der Waals surface area (Å²) in [6.07, 6.45) is 0.474. The maximum absolute atomic E-state index is 8.37. The third-order valence-electron chi connectivity index (χ3n) is 1.23. The van der Waals surface area contributed by atoms with E-state index in [4.69, 9.17) is 5.26 Å². The van der Waals surface area contributed by atoms with Crippen molar-refractivity contribution in [3.05, 3.63) is 34.3 Å². The number of halogens is 1. The molecule has 0 heterocycles. The number of benzene rings is 1. The van der Waals surface area contributed by atoms with Crippen LogP contribution in [-0.4, -0.2) is 0 Å². The fourth-order valence-electron chi connectivity index (χ4n) is 0.727. The number of nitriles is 1. The van der Waals surface area contributed by atoms with E-state index in [1.807, 2.05) is 38.1 Å². The first-order valence-electron chi connectivity index (χ1n) is 3.95. The first kappa shape index (κ1) is 11.2. The third-order valence-corrected chi connectivity index (χ3v) is 2.00. The minimum atomic E-state index is 0.474. The molecule has 0 atom stereocenters. The second kappa shape index (κ2) is 6.87. The lowest BCUT2D eigenvalue weighted by atomic mass is 10.2. The zero-order chi connectivity index (χ0) is 9.40. The van der Waals surface area contributed by atoms with Gasteiger partial charge in [-0.3, -0.25) is 0 Å². The maximum Gasteiger partial charge on any atom is 0.0670 e. The van der Waals surface area contributed by atoms with E-state index >= 15 is 0 Å². The van der Waals surface area contributed by atoms with Crippen molar-refractivity contribution in [3.63, 3.8) is 0 Å². The van der Waals surface area contributed by atoms with E-state index in [1.54, 1.807) is 0 Å². The van der Waals surface area contributed by atoms with Gasteiger partial charge >= 0.3 is 0 Å². The summed E-state index contributed by atoms with van der Waals surface area (Å²) < 4.78 is 1.01. The van der Waals surface area contributed by atoms with Crippen molar-refractivity contribution in [2.75, 3.05) is 0 Å². The number of hydrogen-bond donors (Lipinski definition) is 0. The largest absolute Gasteiger partial charge is 0.198 e. The van der Waals surface area contributed by atoms with Crippen molar-refractivity contribution in [2.24, 2.45) is 0 Å². The number of rotatable bonds is 1. The smallest absolute Gasteiger partial charge is 0.0670 e. The topological polar surface area (TPSA) is 23.8 Å². The van der Waals surface area contributed by atoms with Crippen LogP contribution in [0.1, 0.15) is 19.4 Å². The average molecular weight is 226 g/mol. The Balaban J connectivity index is 0.000000561. The molecule has 0 aliphatic heterocycles. The Morgan fingerprint density at radius 3 is 2.42 bits per heavy atom. The zero-order valence-electron chi connectivity index (χ0n) is 7.34. The van der Waals surface area contributed by atoms with Crippen LogP contribution in [0.2, 0.25) is 0 Å². The minimum absolute atomic E-state index is 0.474. The summed E-state index contributed by atoms with van der Waals surface area (Å²) in [7, 11) is 0. The molecule has 0 aromatic heterocycles. The minimum Gasteiger partial charge on any atom is -0.198 e. The van der Waals surface area contributed by atoms with E-state index in [-0.39, 0.29) is 0 Å². The molecule has 64 valence electrons. The first-order valence-corrected chi connectivity index (χ1v) is 4.74. The fourth-order valence-corrected chi connectivity index (χ4v) is 1.15. The van der Waals surface area contributed by atoms with Gasteiger partial charge in [0.25, 0.3) is 0 Å². The summed E-state index contributed by atoms with van der Waals surface area (Å²) in [6, 6.07) is 9.83. The predicted octanol–water partition coefficient (Wildman–Crippen LogP) is 3.54. The lowest BCUT2D eigenvalue weighted by Gasteiger charge is -1.95. The van der Waals surface area contributed by atoms with Crippen LogP contribution in [-0.2, 0) is 6.42 Å². The molecule has 1 nitrogen and oxygen atoms in total. The van der Waals surface area contributed by atoms with E-state index in [2.05, 4.69) is 22.0 Å². The van der Waals surface area contributed by atoms with Gasteiger partial charge in [0.1, 0.15) is 0 Å². The van der Waals surface area contributed by atoms with E-state index in [9.17, 15) is 0 Å². The number of hydrogen-bond acceptors (Lipinski definition) is 1. The Bertz CT molecular complexity index is 263. The molecule has 0 aliphatic carbocycles. The van der Waals surface area contributed by atoms with Gasteiger partial charge in [-0.05, 0) is 11.6 Å². The zero-order valence-corrected chi connectivity index (χ0v) is 8.93. The molecule has 0 radical (unpaired) electrons. The molecular formula is C10H12BrN. The van der Waals surface area contributed by atoms with Gasteiger partial charge in [0.15, 0.2) is 0 Å². The molecule has 0 unspecified atom stereocenters. The van der Waals surface area contributed by atoms with Gasteiger partial charge in [-0.15, -0.1) is 0 Å². The summed E-state index contributed by atoms with van der Waals surface area (Å²) in [4.78, 5) is 0. The van der Waals surface area contributed by atoms with Crippen LogP contribution in [0.3, 0.4) is 0 Å². The standard InChI is InChI=1S/C8H6BrN.C2H6/c9-8-4-2-1-3-7(8)5-6-10;1-2/h1-4H,5H2;1-2H3. The van der Waals surface area contributed by atoms with Crippen LogP contribution in [0.5, 0.6) is 0 Å². The highest BCUT2D eigenvalue weighted by Crippen LogP contribution is 2.15. The molecule has 1 aromatic rings. The van der Waals surface area contributed by atoms with Crippen molar-refractivity contribution in [1.29, 1.82) is 5.26 Å². The van der Waals surface area contributed by atoms with E-state index in [0.717, 1.165) is 10.0 Å². The third kappa shape index (κ3) is 3.54. The second-order valence-corrected chi connectivity index (χ2v) is 2.78. The van der Waals surface area contributed by atoms with Gasteiger partial charge < -0.3 is 0 Å². The highest BCUT2D eigenvalue weighted by molar-refractivity contribution is 9.10. The molecule has 2 heteroatoms. The van der Waals surface area contributed by atoms with Crippen LogP contribution < -0.4 is 0 Å². The van der Waals surface area contributed by atoms with Gasteiger partial charge in [0.2, 0.25) is 0 Å². The van der Waals surface area contributed by atoms with Crippen LogP contribution in [0.4, 0.5) is 0 Å². The molecule has 0 fully saturated rings. The summed E-state index contributed by atoms with van der Waals surface area (Å²) in [6.45, 7) is 4.00. The molecule has 0 amide bonds. The molecule has 0 aliphatic rings. The van der Waals surface area contributed by atoms with Gasteiger partial charge in [0.05, 0.1) is 12.5 Å². The quantitative estimate of drug-likeness (QED) is 0.718. The fraction of sp³-hybridized carbons (Fsp3) is 0.300. The SMILES string of the molecule is CC.N#CCc1ccccc1Br. The molecule has 1 aromatic carbocycles. The van der Waals surface area contributed by atoms with Crippen molar-refractivity contribution >= 4 is 15.9 Å². The lowest BCUT2D eigenvalue weighted by Crippen LogP contribution is -1.80. The van der Waals surface area contributed by atoms with Crippen molar-refractivity contribution in [2.45, 2.75) is 20.3 Å². The first-order chi connectivity index (χ1) is 5.84. The summed E-state index contributed by atoms with van der Waals surface area (Å²) in [5.74, 6) is 0. The van der Waals surface area contributed by atoms with E-state index in [0.29, 0.717) is 6.42 Å². The van der Waals surface area contributed by atoms with Crippen molar-refractivity contribution < 1.29 is 0 Å². The van der Waals surface area contributed by atoms with Gasteiger partial charge in [-0.25, -0.2) is 0 Å². The van der Waals surface area contributed by atoms with Crippen molar-refractivity contribution in [3.8, 4) is 6.07 Å². The van der Waals surface area contributed by atoms with Crippen LogP contribution in [0.25, 0.3) is 0 Å². The van der Waals surface area contributed by atoms with Gasteiger partial charge in [-0.2, -0.15) is 5.26 Å². The van der Waals surface area contributed by atoms with E-state index < -0.39 is 0 Å². The molecule has 0 bridgehead atoms. The molecule has 1 rings (SSSR count). The molecule has 0 N–H and O–H groups in total. The molecule has 12 heavy (non-hydrogen) atoms. The second-order valence-electron chi connectivity index (χ2n) is 1.93. The molecular weight excluding hydrogens is 214 g/mol. The Hall–Kier alpha value is -0.810. The Morgan fingerprint density at radius 2 is 1.92 bits per heavy atom. The van der Waals surface area contributed by atoms with Crippen LogP contribution in [0, 0.1) is 11.3 Å². The monoisotopic (exact) mass is 225 g/mol. The van der Waals surface area contributed by atoms with Gasteiger partial charge in [0, 0.05) is 4.47 Å². The van der Waals surface area contributed by atoms with Gasteiger partial charge in [-0.1, -0.05) is 48.0 Å². The highest BCUT2D eigenvalue weighted by Gasteiger charge is 1.94. The summed E-state index contributed by atoms with van der Waals surface area (Å²) in [5, 5.41) is 8.37. The lowest BCUT2D eigenvalue weighted by molar-refractivity contribution is 1.25. The molecule has 0 saturated heterocycles. The van der Waals surface area contributed by atoms with Crippen LogP contribution in [0.15, 0.2) is 28.7 Å². The Labute approximate surface area is 82.2 Å². The Kier molecular flexibility index (Phi) is 6.41. The normalized spacial score (nSPS) is 7.83. The average Bonchev–Trinajstić information content (AvgIpc) is 2.13. The van der Waals surface area contributed by atoms with Crippen molar-refractivity contribution in [1.82, 2.24) is 0 Å². The number of nitrogens with zero attached hydrogens (tertiary/aromatic N) is 1. The summed E-state index contributed by atoms with van der Waals surface area (Å²) >= 11 is 3.35. The molecule has 0 spiro atoms. The Morgan fingerprint density at radius 1 is 1.33 bits per heavy atom. The maximum atomic E-state index is 8.37.